The highest BCUT2D eigenvalue weighted by Gasteiger charge is 2.23. The molecule has 0 saturated heterocycles. The monoisotopic (exact) mass is 433 g/mol. The number of carboxylic acids is 1. The summed E-state index contributed by atoms with van der Waals surface area (Å²) in [4.78, 5) is 24.2. The number of ether oxygens (including phenoxy) is 2. The predicted molar refractivity (Wildman–Crippen MR) is 112 cm³/mol. The van der Waals surface area contributed by atoms with E-state index in [2.05, 4.69) is 5.32 Å². The zero-order chi connectivity index (χ0) is 21.0. The molecule has 0 radical (unpaired) electrons. The molecule has 1 unspecified atom stereocenters. The van der Waals surface area contributed by atoms with Crippen molar-refractivity contribution in [2.75, 3.05) is 19.0 Å². The van der Waals surface area contributed by atoms with Gasteiger partial charge in [0.1, 0.15) is 5.75 Å². The maximum Gasteiger partial charge on any atom is 0.335 e. The first-order chi connectivity index (χ1) is 13.9. The highest BCUT2D eigenvalue weighted by Crippen LogP contribution is 2.36. The number of rotatable bonds is 7. The summed E-state index contributed by atoms with van der Waals surface area (Å²) in [6.45, 7) is -0.0529. The second kappa shape index (κ2) is 9.13. The molecule has 6 nitrogen and oxygen atoms in total. The number of para-hydroxylation sites is 1. The lowest BCUT2D eigenvalue weighted by atomic mass is 10.1. The third kappa shape index (κ3) is 4.98. The normalized spacial score (nSPS) is 11.8. The third-order valence-corrected chi connectivity index (χ3v) is 4.61. The summed E-state index contributed by atoms with van der Waals surface area (Å²) in [5.74, 6) is -1.45. The highest BCUT2D eigenvalue weighted by molar-refractivity contribution is 6.39. The minimum Gasteiger partial charge on any atom is -0.478 e. The summed E-state index contributed by atoms with van der Waals surface area (Å²) in [5, 5.41) is 13.7. The van der Waals surface area contributed by atoms with E-state index in [9.17, 15) is 14.7 Å². The molecule has 150 valence electrons. The van der Waals surface area contributed by atoms with Gasteiger partial charge in [-0.1, -0.05) is 41.4 Å². The number of aromatic carboxylic acids is 1. The van der Waals surface area contributed by atoms with Crippen LogP contribution in [-0.2, 0) is 9.53 Å². The summed E-state index contributed by atoms with van der Waals surface area (Å²) < 4.78 is 11.0. The van der Waals surface area contributed by atoms with Crippen molar-refractivity contribution in [3.8, 4) is 5.75 Å². The average molecular weight is 434 g/mol. The number of carbonyl (C=O) groups excluding carboxylic acids is 1. The fraction of sp³-hybridized carbons (Fsp3) is 0.143. The number of fused-ring (bicyclic) bond motifs is 1. The van der Waals surface area contributed by atoms with Gasteiger partial charge in [0.2, 0.25) is 6.10 Å². The van der Waals surface area contributed by atoms with Crippen LogP contribution in [0.2, 0.25) is 10.0 Å². The predicted octanol–water partition coefficient (Wildman–Crippen LogP) is 4.88. The second-order valence-electron chi connectivity index (χ2n) is 6.18. The minimum atomic E-state index is -1.15. The Morgan fingerprint density at radius 2 is 1.83 bits per heavy atom. The second-order valence-corrected chi connectivity index (χ2v) is 7.03. The standard InChI is InChI=1S/C21H17Cl2NO5/c1-28-11-18(20(25)24-15-5-3-2-4-6-15)29-17-9-13(21(26)27)7-12-8-14(22)10-16(23)19(12)17/h2-10,18H,11H2,1H3,(H,24,25)(H,26,27). The van der Waals surface area contributed by atoms with Gasteiger partial charge in [-0.15, -0.1) is 0 Å². The van der Waals surface area contributed by atoms with Gasteiger partial charge in [-0.25, -0.2) is 4.79 Å². The molecule has 1 atom stereocenters. The lowest BCUT2D eigenvalue weighted by Gasteiger charge is -2.20. The van der Waals surface area contributed by atoms with E-state index in [1.807, 2.05) is 6.07 Å². The Hall–Kier alpha value is -2.80. The van der Waals surface area contributed by atoms with Crippen molar-refractivity contribution in [2.45, 2.75) is 6.10 Å². The molecule has 3 rings (SSSR count). The molecule has 3 aromatic rings. The summed E-state index contributed by atoms with van der Waals surface area (Å²) >= 11 is 12.4. The van der Waals surface area contributed by atoms with Crippen LogP contribution in [-0.4, -0.2) is 36.8 Å². The maximum atomic E-state index is 12.7. The number of benzene rings is 3. The van der Waals surface area contributed by atoms with Crippen LogP contribution < -0.4 is 10.1 Å². The number of hydrogen-bond acceptors (Lipinski definition) is 4. The van der Waals surface area contributed by atoms with E-state index < -0.39 is 18.0 Å². The molecule has 0 aliphatic heterocycles. The Morgan fingerprint density at radius 3 is 2.48 bits per heavy atom. The van der Waals surface area contributed by atoms with E-state index in [0.717, 1.165) is 0 Å². The van der Waals surface area contributed by atoms with Crippen molar-refractivity contribution >= 4 is 51.5 Å². The van der Waals surface area contributed by atoms with Crippen LogP contribution in [0.3, 0.4) is 0 Å². The largest absolute Gasteiger partial charge is 0.478 e. The number of carbonyl (C=O) groups is 2. The quantitative estimate of drug-likeness (QED) is 0.554. The van der Waals surface area contributed by atoms with E-state index in [4.69, 9.17) is 32.7 Å². The first-order valence-electron chi connectivity index (χ1n) is 8.56. The van der Waals surface area contributed by atoms with Crippen LogP contribution >= 0.6 is 23.2 Å². The molecule has 8 heteroatoms. The fourth-order valence-electron chi connectivity index (χ4n) is 2.82. The molecule has 0 spiro atoms. The number of anilines is 1. The van der Waals surface area contributed by atoms with Gasteiger partial charge in [0.25, 0.3) is 5.91 Å². The van der Waals surface area contributed by atoms with Gasteiger partial charge in [-0.05, 0) is 41.8 Å². The van der Waals surface area contributed by atoms with Gasteiger partial charge < -0.3 is 19.9 Å². The molecule has 0 fully saturated rings. The zero-order valence-corrected chi connectivity index (χ0v) is 16.8. The van der Waals surface area contributed by atoms with E-state index in [1.165, 1.54) is 25.3 Å². The molecule has 3 aromatic carbocycles. The van der Waals surface area contributed by atoms with Crippen molar-refractivity contribution in [3.05, 3.63) is 70.2 Å². The lowest BCUT2D eigenvalue weighted by Crippen LogP contribution is -2.36. The van der Waals surface area contributed by atoms with Crippen LogP contribution in [0.1, 0.15) is 10.4 Å². The third-order valence-electron chi connectivity index (χ3n) is 4.10. The van der Waals surface area contributed by atoms with Gasteiger partial charge in [-0.2, -0.15) is 0 Å². The number of nitrogens with one attached hydrogen (secondary N) is 1. The summed E-state index contributed by atoms with van der Waals surface area (Å²) in [6, 6.07) is 14.7. The van der Waals surface area contributed by atoms with Crippen LogP contribution in [0.15, 0.2) is 54.6 Å². The molecule has 0 bridgehead atoms. The van der Waals surface area contributed by atoms with Gasteiger partial charge in [0, 0.05) is 23.2 Å². The minimum absolute atomic E-state index is 0.0227. The Kier molecular flexibility index (Phi) is 6.59. The van der Waals surface area contributed by atoms with Crippen LogP contribution in [0, 0.1) is 0 Å². The van der Waals surface area contributed by atoms with Crippen LogP contribution in [0.5, 0.6) is 5.75 Å². The highest BCUT2D eigenvalue weighted by atomic mass is 35.5. The number of amides is 1. The Balaban J connectivity index is 2.00. The lowest BCUT2D eigenvalue weighted by molar-refractivity contribution is -0.124. The SMILES string of the molecule is COCC(Oc1cc(C(=O)O)cc2cc(Cl)cc(Cl)c12)C(=O)Nc1ccccc1. The van der Waals surface area contributed by atoms with Crippen molar-refractivity contribution < 1.29 is 24.2 Å². The molecule has 29 heavy (non-hydrogen) atoms. The van der Waals surface area contributed by atoms with E-state index in [1.54, 1.807) is 30.3 Å². The van der Waals surface area contributed by atoms with Gasteiger partial charge in [0.15, 0.2) is 0 Å². The number of methoxy groups -OCH3 is 1. The molecular formula is C21H17Cl2NO5. The number of carboxylic acid groups (broad SMARTS) is 1. The summed E-state index contributed by atoms with van der Waals surface area (Å²) in [6.07, 6.45) is -1.04. The van der Waals surface area contributed by atoms with E-state index in [-0.39, 0.29) is 22.9 Å². The van der Waals surface area contributed by atoms with E-state index >= 15 is 0 Å². The van der Waals surface area contributed by atoms with Crippen LogP contribution in [0.4, 0.5) is 5.69 Å². The maximum absolute atomic E-state index is 12.7. The van der Waals surface area contributed by atoms with Gasteiger partial charge in [0.05, 0.1) is 17.2 Å². The first-order valence-corrected chi connectivity index (χ1v) is 9.32. The summed E-state index contributed by atoms with van der Waals surface area (Å²) in [5.41, 5.74) is 0.571. The summed E-state index contributed by atoms with van der Waals surface area (Å²) in [7, 11) is 1.44. The molecule has 1 amide bonds. The molecular weight excluding hydrogens is 417 g/mol. The molecule has 0 aliphatic carbocycles. The Bertz CT molecular complexity index is 1060. The Labute approximate surface area is 176 Å². The molecule has 0 aliphatic rings. The topological polar surface area (TPSA) is 84.9 Å². The molecule has 2 N–H and O–H groups in total. The van der Waals surface area contributed by atoms with Crippen molar-refractivity contribution in [2.24, 2.45) is 0 Å². The number of halogens is 2. The van der Waals surface area contributed by atoms with Gasteiger partial charge >= 0.3 is 5.97 Å². The zero-order valence-electron chi connectivity index (χ0n) is 15.3. The van der Waals surface area contributed by atoms with Crippen molar-refractivity contribution in [1.29, 1.82) is 0 Å². The number of hydrogen-bond donors (Lipinski definition) is 2. The average Bonchev–Trinajstić information content (AvgIpc) is 2.67. The van der Waals surface area contributed by atoms with Crippen LogP contribution in [0.25, 0.3) is 10.8 Å². The first kappa shape index (κ1) is 20.9. The van der Waals surface area contributed by atoms with Crippen molar-refractivity contribution in [1.82, 2.24) is 0 Å². The fourth-order valence-corrected chi connectivity index (χ4v) is 3.42. The van der Waals surface area contributed by atoms with Crippen molar-refractivity contribution in [3.63, 3.8) is 0 Å². The Morgan fingerprint density at radius 1 is 1.10 bits per heavy atom. The smallest absolute Gasteiger partial charge is 0.335 e. The van der Waals surface area contributed by atoms with Gasteiger partial charge in [-0.3, -0.25) is 4.79 Å². The molecule has 0 saturated carbocycles. The molecule has 0 heterocycles. The van der Waals surface area contributed by atoms with E-state index in [0.29, 0.717) is 21.5 Å². The molecule has 0 aromatic heterocycles.